The van der Waals surface area contributed by atoms with Gasteiger partial charge in [0.1, 0.15) is 0 Å². The maximum Gasteiger partial charge on any atom is 0.490 e. The molecule has 4 saturated carbocycles. The molecule has 8 nitrogen and oxygen atoms in total. The highest BCUT2D eigenvalue weighted by Gasteiger charge is 2.59. The van der Waals surface area contributed by atoms with E-state index in [0.717, 1.165) is 56.7 Å². The predicted octanol–water partition coefficient (Wildman–Crippen LogP) is 5.96. The van der Waals surface area contributed by atoms with Crippen LogP contribution in [0.25, 0.3) is 0 Å². The quantitative estimate of drug-likeness (QED) is 0.227. The zero-order chi connectivity index (χ0) is 30.2. The van der Waals surface area contributed by atoms with Crippen molar-refractivity contribution in [2.75, 3.05) is 20.1 Å². The lowest BCUT2D eigenvalue weighted by molar-refractivity contribution is -0.192. The number of carbonyl (C=O) groups excluding carboxylic acids is 2. The molecule has 6 atom stereocenters. The van der Waals surface area contributed by atoms with Crippen LogP contribution in [0.4, 0.5) is 18.0 Å². The summed E-state index contributed by atoms with van der Waals surface area (Å²) in [6, 6.07) is 0.321. The van der Waals surface area contributed by atoms with Crippen LogP contribution in [-0.4, -0.2) is 65.9 Å². The summed E-state index contributed by atoms with van der Waals surface area (Å²) >= 11 is 0. The third-order valence-electron chi connectivity index (χ3n) is 10.8. The Labute approximate surface area is 240 Å². The lowest BCUT2D eigenvalue weighted by atomic mass is 9.46. The third-order valence-corrected chi connectivity index (χ3v) is 10.8. The third kappa shape index (κ3) is 6.49. The van der Waals surface area contributed by atoms with Crippen LogP contribution in [0.5, 0.6) is 0 Å². The zero-order valence-electron chi connectivity index (χ0n) is 24.6. The first-order valence-corrected chi connectivity index (χ1v) is 14.9. The topological polar surface area (TPSA) is 108 Å². The van der Waals surface area contributed by atoms with Crippen molar-refractivity contribution in [3.63, 3.8) is 0 Å². The number of oxime groups is 1. The number of nitrogens with zero attached hydrogens (tertiary/aromatic N) is 2. The lowest BCUT2D eigenvalue weighted by Crippen LogP contribution is -2.51. The second-order valence-electron chi connectivity index (χ2n) is 13.1. The fourth-order valence-corrected chi connectivity index (χ4v) is 8.51. The van der Waals surface area contributed by atoms with E-state index in [-0.39, 0.29) is 16.9 Å². The molecule has 0 aromatic carbocycles. The molecule has 0 bridgehead atoms. The Hall–Kier alpha value is -2.43. The number of carboxylic acid groups (broad SMARTS) is 1. The van der Waals surface area contributed by atoms with Crippen molar-refractivity contribution in [1.29, 1.82) is 0 Å². The fraction of sp³-hybridized carbons (Fsp3) is 0.800. The second-order valence-corrected chi connectivity index (χ2v) is 13.1. The van der Waals surface area contributed by atoms with Gasteiger partial charge in [-0.15, -0.1) is 0 Å². The molecule has 230 valence electrons. The van der Waals surface area contributed by atoms with Gasteiger partial charge in [-0.25, -0.2) is 9.59 Å². The number of alkyl halides is 3. The Balaban J connectivity index is 0.000000493. The van der Waals surface area contributed by atoms with Gasteiger partial charge in [0.25, 0.3) is 0 Å². The Bertz CT molecular complexity index is 1090. The lowest BCUT2D eigenvalue weighted by Gasteiger charge is -2.58. The molecule has 0 unspecified atom stereocenters. The first-order valence-electron chi connectivity index (χ1n) is 14.9. The van der Waals surface area contributed by atoms with Crippen LogP contribution < -0.4 is 5.32 Å². The van der Waals surface area contributed by atoms with E-state index >= 15 is 0 Å². The number of allylic oxidation sites excluding steroid dienone is 1. The Kier molecular flexibility index (Phi) is 9.26. The normalized spacial score (nSPS) is 34.8. The number of carboxylic acids is 1. The Morgan fingerprint density at radius 1 is 1.10 bits per heavy atom. The number of fused-ring (bicyclic) bond motifs is 5. The number of hydrogen-bond acceptors (Lipinski definition) is 6. The van der Waals surface area contributed by atoms with E-state index in [1.54, 1.807) is 0 Å². The highest BCUT2D eigenvalue weighted by Crippen LogP contribution is 2.66. The van der Waals surface area contributed by atoms with Crippen LogP contribution in [0.3, 0.4) is 0 Å². The SMILES string of the molecule is CNCCN(C(=O)O/N=C(\C)[C@H]1CC[C@H]2[C@@H]3CCC4=CC(=O)CC[C@]4(C)[C@H]3CC[C@]12C)C1CC1.O=C(O)C(F)(F)F. The molecular formula is C30H44F3N3O5. The molecule has 0 spiro atoms. The number of carbonyl (C=O) groups is 3. The second kappa shape index (κ2) is 12.1. The number of hydrogen-bond donors (Lipinski definition) is 2. The van der Waals surface area contributed by atoms with Gasteiger partial charge in [0, 0.05) is 31.5 Å². The minimum atomic E-state index is -5.08. The van der Waals surface area contributed by atoms with Crippen molar-refractivity contribution in [3.8, 4) is 0 Å². The monoisotopic (exact) mass is 583 g/mol. The molecule has 5 aliphatic carbocycles. The van der Waals surface area contributed by atoms with Crippen LogP contribution in [0.2, 0.25) is 0 Å². The summed E-state index contributed by atoms with van der Waals surface area (Å²) in [5.74, 6) is 0.100. The van der Waals surface area contributed by atoms with Crippen molar-refractivity contribution in [2.45, 2.75) is 97.2 Å². The van der Waals surface area contributed by atoms with E-state index in [0.29, 0.717) is 36.1 Å². The molecule has 5 aliphatic rings. The van der Waals surface area contributed by atoms with Gasteiger partial charge >= 0.3 is 18.2 Å². The van der Waals surface area contributed by atoms with Gasteiger partial charge in [0.05, 0.1) is 5.71 Å². The molecule has 0 saturated heterocycles. The number of amides is 1. The summed E-state index contributed by atoms with van der Waals surface area (Å²) in [5.41, 5.74) is 2.87. The predicted molar refractivity (Wildman–Crippen MR) is 147 cm³/mol. The zero-order valence-corrected chi connectivity index (χ0v) is 24.6. The summed E-state index contributed by atoms with van der Waals surface area (Å²) in [6.45, 7) is 8.43. The molecule has 2 N–H and O–H groups in total. The summed E-state index contributed by atoms with van der Waals surface area (Å²) in [4.78, 5) is 41.1. The molecule has 0 aromatic heterocycles. The van der Waals surface area contributed by atoms with Crippen molar-refractivity contribution < 1.29 is 37.5 Å². The Morgan fingerprint density at radius 3 is 2.39 bits per heavy atom. The van der Waals surface area contributed by atoms with Gasteiger partial charge < -0.3 is 15.3 Å². The van der Waals surface area contributed by atoms with Crippen LogP contribution >= 0.6 is 0 Å². The molecule has 0 aliphatic heterocycles. The average Bonchev–Trinajstić information content (AvgIpc) is 3.68. The van der Waals surface area contributed by atoms with Gasteiger partial charge in [-0.1, -0.05) is 24.6 Å². The van der Waals surface area contributed by atoms with E-state index in [9.17, 15) is 22.8 Å². The fourth-order valence-electron chi connectivity index (χ4n) is 8.51. The first kappa shape index (κ1) is 31.5. The number of aliphatic carboxylic acids is 1. The smallest absolute Gasteiger partial charge is 0.475 e. The van der Waals surface area contributed by atoms with Crippen LogP contribution in [0.1, 0.15) is 85.0 Å². The van der Waals surface area contributed by atoms with Crippen molar-refractivity contribution in [2.24, 2.45) is 39.7 Å². The standard InChI is InChI=1S/C28H43N3O3.C2HF3O2/c1-18(30-34-26(33)31(16-15-29-4)20-6-7-20)23-9-10-24-22-8-5-19-17-21(32)11-13-27(19,2)25(22)12-14-28(23,24)3;3-2(4,5)1(6)7/h17,20,22-25,29H,5-16H2,1-4H3;(H,6,7)/b30-18+;/t22-,23+,24-,25-,27-,28+;/m0./s1. The largest absolute Gasteiger partial charge is 0.490 e. The van der Waals surface area contributed by atoms with Gasteiger partial charge in [-0.3, -0.25) is 9.63 Å². The van der Waals surface area contributed by atoms with Crippen molar-refractivity contribution in [1.82, 2.24) is 10.2 Å². The van der Waals surface area contributed by atoms with Gasteiger partial charge in [0.2, 0.25) is 0 Å². The van der Waals surface area contributed by atoms with E-state index in [4.69, 9.17) is 14.7 Å². The number of nitrogens with one attached hydrogen (secondary N) is 1. The highest BCUT2D eigenvalue weighted by molar-refractivity contribution is 5.91. The summed E-state index contributed by atoms with van der Waals surface area (Å²) < 4.78 is 31.7. The maximum atomic E-state index is 12.7. The van der Waals surface area contributed by atoms with Gasteiger partial charge in [-0.2, -0.15) is 13.2 Å². The van der Waals surface area contributed by atoms with E-state index < -0.39 is 12.1 Å². The van der Waals surface area contributed by atoms with Crippen LogP contribution in [0.15, 0.2) is 16.8 Å². The summed E-state index contributed by atoms with van der Waals surface area (Å²) in [5, 5.41) is 14.7. The summed E-state index contributed by atoms with van der Waals surface area (Å²) in [7, 11) is 1.90. The molecule has 1 amide bonds. The molecule has 0 radical (unpaired) electrons. The van der Waals surface area contributed by atoms with E-state index in [1.165, 1.54) is 31.3 Å². The number of rotatable bonds is 6. The van der Waals surface area contributed by atoms with Crippen molar-refractivity contribution >= 4 is 23.6 Å². The number of ketones is 1. The molecular weight excluding hydrogens is 539 g/mol. The number of likely N-dealkylation sites (N-methyl/N-ethyl adjacent to an activating group) is 1. The molecule has 4 fully saturated rings. The molecule has 41 heavy (non-hydrogen) atoms. The minimum Gasteiger partial charge on any atom is -0.475 e. The molecule has 0 heterocycles. The van der Waals surface area contributed by atoms with E-state index in [1.807, 2.05) is 18.0 Å². The van der Waals surface area contributed by atoms with Gasteiger partial charge in [-0.05, 0) is 106 Å². The average molecular weight is 584 g/mol. The molecule has 0 aromatic rings. The minimum absolute atomic E-state index is 0.217. The van der Waals surface area contributed by atoms with Crippen LogP contribution in [-0.2, 0) is 14.4 Å². The van der Waals surface area contributed by atoms with Crippen molar-refractivity contribution in [3.05, 3.63) is 11.6 Å². The maximum absolute atomic E-state index is 12.7. The van der Waals surface area contributed by atoms with E-state index in [2.05, 4.69) is 31.2 Å². The summed E-state index contributed by atoms with van der Waals surface area (Å²) in [6.07, 6.45) is 7.64. The van der Waals surface area contributed by atoms with Crippen LogP contribution in [0, 0.1) is 34.5 Å². The first-order chi connectivity index (χ1) is 19.2. The molecule has 5 rings (SSSR count). The molecule has 11 heteroatoms. The Morgan fingerprint density at radius 2 is 1.78 bits per heavy atom. The number of halogens is 3. The van der Waals surface area contributed by atoms with Gasteiger partial charge in [0.15, 0.2) is 5.78 Å². The highest BCUT2D eigenvalue weighted by atomic mass is 19.4.